The molecule has 5 heteroatoms. The number of aliphatic hydroxyl groups excluding tert-OH is 1. The average Bonchev–Trinajstić information content (AvgIpc) is 2.28. The predicted molar refractivity (Wildman–Crippen MR) is 56.0 cm³/mol. The lowest BCUT2D eigenvalue weighted by atomic mass is 10.1. The van der Waals surface area contributed by atoms with Crippen LogP contribution in [-0.2, 0) is 19.5 Å². The third-order valence-electron chi connectivity index (χ3n) is 2.67. The zero-order chi connectivity index (χ0) is 10.7. The number of fused-ring (bicyclic) bond motifs is 1. The van der Waals surface area contributed by atoms with E-state index >= 15 is 0 Å². The number of hydrogen-bond donors (Lipinski definition) is 2. The zero-order valence-electron chi connectivity index (χ0n) is 8.69. The standard InChI is InChI=1S/C10H16N4O/c11-5-10-12-6-8-1-2-14(3-4-15)7-9(8)13-10/h6,15H,1-5,7,11H2. The molecular weight excluding hydrogens is 192 g/mol. The van der Waals surface area contributed by atoms with Crippen molar-refractivity contribution in [2.24, 2.45) is 5.73 Å². The van der Waals surface area contributed by atoms with Gasteiger partial charge in [0, 0.05) is 25.8 Å². The lowest BCUT2D eigenvalue weighted by Gasteiger charge is -2.27. The van der Waals surface area contributed by atoms with E-state index in [1.807, 2.05) is 6.20 Å². The summed E-state index contributed by atoms with van der Waals surface area (Å²) < 4.78 is 0. The number of nitrogens with zero attached hydrogens (tertiary/aromatic N) is 3. The van der Waals surface area contributed by atoms with E-state index in [4.69, 9.17) is 10.8 Å². The first-order chi connectivity index (χ1) is 7.33. The van der Waals surface area contributed by atoms with E-state index < -0.39 is 0 Å². The van der Waals surface area contributed by atoms with Gasteiger partial charge in [-0.2, -0.15) is 0 Å². The number of rotatable bonds is 3. The van der Waals surface area contributed by atoms with Crippen molar-refractivity contribution in [3.8, 4) is 0 Å². The van der Waals surface area contributed by atoms with Gasteiger partial charge in [0.15, 0.2) is 0 Å². The van der Waals surface area contributed by atoms with Crippen molar-refractivity contribution in [3.05, 3.63) is 23.3 Å². The molecule has 0 saturated heterocycles. The summed E-state index contributed by atoms with van der Waals surface area (Å²) in [7, 11) is 0. The van der Waals surface area contributed by atoms with Gasteiger partial charge >= 0.3 is 0 Å². The first-order valence-electron chi connectivity index (χ1n) is 5.20. The highest BCUT2D eigenvalue weighted by Gasteiger charge is 2.17. The third kappa shape index (κ3) is 2.31. The van der Waals surface area contributed by atoms with Crippen molar-refractivity contribution in [1.82, 2.24) is 14.9 Å². The summed E-state index contributed by atoms with van der Waals surface area (Å²) in [6.07, 6.45) is 2.83. The van der Waals surface area contributed by atoms with Crippen LogP contribution in [0.2, 0.25) is 0 Å². The van der Waals surface area contributed by atoms with E-state index in [0.717, 1.165) is 25.2 Å². The van der Waals surface area contributed by atoms with Crippen LogP contribution in [0.15, 0.2) is 6.20 Å². The van der Waals surface area contributed by atoms with Crippen molar-refractivity contribution >= 4 is 0 Å². The van der Waals surface area contributed by atoms with Crippen molar-refractivity contribution < 1.29 is 5.11 Å². The van der Waals surface area contributed by atoms with Gasteiger partial charge in [-0.25, -0.2) is 9.97 Å². The maximum absolute atomic E-state index is 8.87. The molecule has 0 amide bonds. The second kappa shape index (κ2) is 4.65. The summed E-state index contributed by atoms with van der Waals surface area (Å²) in [6, 6.07) is 0. The molecule has 0 saturated carbocycles. The molecular formula is C10H16N4O. The predicted octanol–water partition coefficient (Wildman–Crippen LogP) is -0.714. The molecule has 1 aliphatic rings. The number of hydrogen-bond acceptors (Lipinski definition) is 5. The summed E-state index contributed by atoms with van der Waals surface area (Å²) in [4.78, 5) is 10.8. The Morgan fingerprint density at radius 2 is 2.40 bits per heavy atom. The Balaban J connectivity index is 2.16. The van der Waals surface area contributed by atoms with Gasteiger partial charge in [0.2, 0.25) is 0 Å². The molecule has 0 atom stereocenters. The first kappa shape index (κ1) is 10.5. The Hall–Kier alpha value is -1.04. The number of β-amino-alcohol motifs (C(OH)–C–C–N with tert-alkyl or cyclic N) is 1. The van der Waals surface area contributed by atoms with Crippen LogP contribution < -0.4 is 5.73 Å². The van der Waals surface area contributed by atoms with Crippen molar-refractivity contribution in [1.29, 1.82) is 0 Å². The van der Waals surface area contributed by atoms with Crippen LogP contribution in [0.25, 0.3) is 0 Å². The van der Waals surface area contributed by atoms with Gasteiger partial charge in [-0.1, -0.05) is 0 Å². The lowest BCUT2D eigenvalue weighted by molar-refractivity contribution is 0.182. The minimum Gasteiger partial charge on any atom is -0.395 e. The highest BCUT2D eigenvalue weighted by atomic mass is 16.3. The molecule has 0 aliphatic carbocycles. The molecule has 0 unspecified atom stereocenters. The molecule has 0 spiro atoms. The van der Waals surface area contributed by atoms with E-state index in [2.05, 4.69) is 14.9 Å². The second-order valence-electron chi connectivity index (χ2n) is 3.71. The fourth-order valence-corrected chi connectivity index (χ4v) is 1.83. The Morgan fingerprint density at radius 1 is 1.53 bits per heavy atom. The van der Waals surface area contributed by atoms with Gasteiger partial charge in [-0.3, -0.25) is 4.90 Å². The molecule has 82 valence electrons. The quantitative estimate of drug-likeness (QED) is 0.686. The van der Waals surface area contributed by atoms with Crippen LogP contribution in [0.1, 0.15) is 17.1 Å². The van der Waals surface area contributed by atoms with Crippen LogP contribution in [0.4, 0.5) is 0 Å². The van der Waals surface area contributed by atoms with E-state index in [0.29, 0.717) is 18.9 Å². The second-order valence-corrected chi connectivity index (χ2v) is 3.71. The monoisotopic (exact) mass is 208 g/mol. The summed E-state index contributed by atoms with van der Waals surface area (Å²) in [5, 5.41) is 8.87. The molecule has 0 fully saturated rings. The number of nitrogens with two attached hydrogens (primary N) is 1. The summed E-state index contributed by atoms with van der Waals surface area (Å²) in [6.45, 7) is 3.06. The lowest BCUT2D eigenvalue weighted by Crippen LogP contribution is -2.33. The summed E-state index contributed by atoms with van der Waals surface area (Å²) >= 11 is 0. The van der Waals surface area contributed by atoms with Gasteiger partial charge in [-0.15, -0.1) is 0 Å². The van der Waals surface area contributed by atoms with Crippen LogP contribution in [-0.4, -0.2) is 39.7 Å². The Bertz CT molecular complexity index is 342. The highest BCUT2D eigenvalue weighted by Crippen LogP contribution is 2.15. The minimum absolute atomic E-state index is 0.199. The minimum atomic E-state index is 0.199. The molecule has 3 N–H and O–H groups in total. The normalized spacial score (nSPS) is 16.4. The van der Waals surface area contributed by atoms with E-state index in [9.17, 15) is 0 Å². The maximum Gasteiger partial charge on any atom is 0.142 e. The van der Waals surface area contributed by atoms with Crippen LogP contribution in [0.5, 0.6) is 0 Å². The molecule has 1 aliphatic heterocycles. The SMILES string of the molecule is NCc1ncc2c(n1)CN(CCO)CC2. The van der Waals surface area contributed by atoms with Gasteiger partial charge in [-0.05, 0) is 12.0 Å². The fraction of sp³-hybridized carbons (Fsp3) is 0.600. The molecule has 1 aromatic rings. The van der Waals surface area contributed by atoms with E-state index in [1.54, 1.807) is 0 Å². The van der Waals surface area contributed by atoms with Crippen LogP contribution in [0.3, 0.4) is 0 Å². The zero-order valence-corrected chi connectivity index (χ0v) is 8.69. The van der Waals surface area contributed by atoms with Gasteiger partial charge in [0.1, 0.15) is 5.82 Å². The van der Waals surface area contributed by atoms with E-state index in [1.165, 1.54) is 5.56 Å². The molecule has 0 aromatic carbocycles. The van der Waals surface area contributed by atoms with Gasteiger partial charge in [0.25, 0.3) is 0 Å². The highest BCUT2D eigenvalue weighted by molar-refractivity contribution is 5.20. The topological polar surface area (TPSA) is 75.3 Å². The van der Waals surface area contributed by atoms with Gasteiger partial charge in [0.05, 0.1) is 18.8 Å². The summed E-state index contributed by atoms with van der Waals surface area (Å²) in [5.41, 5.74) is 7.77. The first-order valence-corrected chi connectivity index (χ1v) is 5.20. The molecule has 1 aromatic heterocycles. The molecule has 15 heavy (non-hydrogen) atoms. The maximum atomic E-state index is 8.87. The largest absolute Gasteiger partial charge is 0.395 e. The fourth-order valence-electron chi connectivity index (χ4n) is 1.83. The third-order valence-corrected chi connectivity index (χ3v) is 2.67. The Kier molecular flexibility index (Phi) is 3.25. The van der Waals surface area contributed by atoms with E-state index in [-0.39, 0.29) is 6.61 Å². The number of aliphatic hydroxyl groups is 1. The molecule has 5 nitrogen and oxygen atoms in total. The van der Waals surface area contributed by atoms with Gasteiger partial charge < -0.3 is 10.8 Å². The van der Waals surface area contributed by atoms with Crippen molar-refractivity contribution in [2.75, 3.05) is 19.7 Å². The molecule has 2 rings (SSSR count). The van der Waals surface area contributed by atoms with Crippen molar-refractivity contribution in [2.45, 2.75) is 19.5 Å². The number of aromatic nitrogens is 2. The Labute approximate surface area is 88.9 Å². The smallest absolute Gasteiger partial charge is 0.142 e. The average molecular weight is 208 g/mol. The van der Waals surface area contributed by atoms with Crippen molar-refractivity contribution in [3.63, 3.8) is 0 Å². The molecule has 0 radical (unpaired) electrons. The summed E-state index contributed by atoms with van der Waals surface area (Å²) in [5.74, 6) is 0.694. The molecule has 0 bridgehead atoms. The van der Waals surface area contributed by atoms with Crippen LogP contribution in [0, 0.1) is 0 Å². The molecule has 2 heterocycles. The van der Waals surface area contributed by atoms with Crippen LogP contribution >= 0.6 is 0 Å². The Morgan fingerprint density at radius 3 is 3.13 bits per heavy atom.